The molecule has 1 aromatic carbocycles. The summed E-state index contributed by atoms with van der Waals surface area (Å²) < 4.78 is 6.78. The summed E-state index contributed by atoms with van der Waals surface area (Å²) in [5.41, 5.74) is 1.07. The highest BCUT2D eigenvalue weighted by molar-refractivity contribution is 9.10. The largest absolute Gasteiger partial charge is 0.375 e. The van der Waals surface area contributed by atoms with Crippen molar-refractivity contribution in [2.45, 2.75) is 39.4 Å². The second-order valence-corrected chi connectivity index (χ2v) is 6.12. The summed E-state index contributed by atoms with van der Waals surface area (Å²) >= 11 is 3.40. The molecule has 1 aromatic rings. The van der Waals surface area contributed by atoms with Gasteiger partial charge in [-0.3, -0.25) is 4.79 Å². The summed E-state index contributed by atoms with van der Waals surface area (Å²) in [6, 6.07) is 7.94. The van der Waals surface area contributed by atoms with Crippen molar-refractivity contribution in [1.29, 1.82) is 0 Å². The van der Waals surface area contributed by atoms with Gasteiger partial charge in [-0.05, 0) is 37.5 Å². The summed E-state index contributed by atoms with van der Waals surface area (Å²) in [5.74, 6) is 0.633. The maximum atomic E-state index is 12.4. The first kappa shape index (κ1) is 13.8. The minimum Gasteiger partial charge on any atom is -0.375 e. The third-order valence-corrected chi connectivity index (χ3v) is 4.43. The molecule has 4 unspecified atom stereocenters. The molecule has 0 radical (unpaired) electrons. The molecule has 0 bridgehead atoms. The first-order valence-electron chi connectivity index (χ1n) is 6.41. The monoisotopic (exact) mass is 310 g/mol. The van der Waals surface area contributed by atoms with Crippen LogP contribution in [0.25, 0.3) is 0 Å². The number of carbonyl (C=O) groups excluding carboxylic acids is 1. The molecule has 1 aliphatic heterocycles. The number of hydrogen-bond donors (Lipinski definition) is 0. The van der Waals surface area contributed by atoms with Crippen molar-refractivity contribution in [1.82, 2.24) is 0 Å². The topological polar surface area (TPSA) is 26.3 Å². The van der Waals surface area contributed by atoms with E-state index in [-0.39, 0.29) is 18.1 Å². The van der Waals surface area contributed by atoms with Gasteiger partial charge in [-0.25, -0.2) is 0 Å². The molecule has 0 spiro atoms. The Labute approximate surface area is 117 Å². The molecular weight excluding hydrogens is 292 g/mol. The van der Waals surface area contributed by atoms with E-state index < -0.39 is 0 Å². The van der Waals surface area contributed by atoms with Gasteiger partial charge in [-0.1, -0.05) is 35.0 Å². The van der Waals surface area contributed by atoms with Gasteiger partial charge in [0.25, 0.3) is 0 Å². The highest BCUT2D eigenvalue weighted by Crippen LogP contribution is 2.33. The predicted molar refractivity (Wildman–Crippen MR) is 75.5 cm³/mol. The molecule has 1 fully saturated rings. The summed E-state index contributed by atoms with van der Waals surface area (Å²) in [5, 5.41) is 0. The van der Waals surface area contributed by atoms with Crippen LogP contribution in [0.3, 0.4) is 0 Å². The van der Waals surface area contributed by atoms with Crippen LogP contribution >= 0.6 is 15.9 Å². The summed E-state index contributed by atoms with van der Waals surface area (Å²) in [7, 11) is 0. The van der Waals surface area contributed by atoms with Gasteiger partial charge in [0.2, 0.25) is 0 Å². The normalized spacial score (nSPS) is 31.6. The fourth-order valence-electron chi connectivity index (χ4n) is 2.74. The average molecular weight is 311 g/mol. The number of rotatable bonds is 3. The van der Waals surface area contributed by atoms with Gasteiger partial charge in [0.15, 0.2) is 0 Å². The van der Waals surface area contributed by atoms with E-state index in [0.717, 1.165) is 10.0 Å². The number of ketones is 1. The SMILES string of the molecule is CC1OC(C)C(C(=O)Cc2ccc(Br)cc2)C1C. The molecule has 0 N–H and O–H groups in total. The van der Waals surface area contributed by atoms with E-state index in [2.05, 4.69) is 22.9 Å². The number of ether oxygens (including phenoxy) is 1. The van der Waals surface area contributed by atoms with Crippen molar-refractivity contribution in [3.05, 3.63) is 34.3 Å². The molecule has 4 atom stereocenters. The van der Waals surface area contributed by atoms with Gasteiger partial charge in [0.05, 0.1) is 12.2 Å². The van der Waals surface area contributed by atoms with Crippen LogP contribution in [-0.2, 0) is 16.0 Å². The van der Waals surface area contributed by atoms with Crippen molar-refractivity contribution in [2.24, 2.45) is 11.8 Å². The Morgan fingerprint density at radius 2 is 1.78 bits per heavy atom. The van der Waals surface area contributed by atoms with Crippen LogP contribution in [0.1, 0.15) is 26.3 Å². The Hall–Kier alpha value is -0.670. The van der Waals surface area contributed by atoms with Crippen molar-refractivity contribution < 1.29 is 9.53 Å². The summed E-state index contributed by atoms with van der Waals surface area (Å²) in [4.78, 5) is 12.4. The minimum absolute atomic E-state index is 0.0312. The molecule has 0 aromatic heterocycles. The van der Waals surface area contributed by atoms with Gasteiger partial charge in [-0.2, -0.15) is 0 Å². The Morgan fingerprint density at radius 1 is 1.17 bits per heavy atom. The Morgan fingerprint density at radius 3 is 2.28 bits per heavy atom. The maximum absolute atomic E-state index is 12.4. The lowest BCUT2D eigenvalue weighted by Gasteiger charge is -2.17. The molecule has 18 heavy (non-hydrogen) atoms. The number of Topliss-reactive ketones (excluding diaryl/α,β-unsaturated/α-hetero) is 1. The standard InChI is InChI=1S/C15H19BrO2/c1-9-10(2)18-11(3)15(9)14(17)8-12-4-6-13(16)7-5-12/h4-7,9-11,15H,8H2,1-3H3. The van der Waals surface area contributed by atoms with Crippen LogP contribution in [0.5, 0.6) is 0 Å². The minimum atomic E-state index is 0.0312. The van der Waals surface area contributed by atoms with Crippen LogP contribution < -0.4 is 0 Å². The van der Waals surface area contributed by atoms with Crippen molar-refractivity contribution in [2.75, 3.05) is 0 Å². The van der Waals surface area contributed by atoms with E-state index in [1.165, 1.54) is 0 Å². The average Bonchev–Trinajstić information content (AvgIpc) is 2.56. The quantitative estimate of drug-likeness (QED) is 0.852. The van der Waals surface area contributed by atoms with E-state index >= 15 is 0 Å². The second-order valence-electron chi connectivity index (χ2n) is 5.20. The number of benzene rings is 1. The lowest BCUT2D eigenvalue weighted by molar-refractivity contribution is -0.124. The molecule has 3 heteroatoms. The number of hydrogen-bond acceptors (Lipinski definition) is 2. The van der Waals surface area contributed by atoms with Crippen LogP contribution in [0.15, 0.2) is 28.7 Å². The van der Waals surface area contributed by atoms with Gasteiger partial charge in [0.1, 0.15) is 5.78 Å². The molecule has 98 valence electrons. The summed E-state index contributed by atoms with van der Waals surface area (Å²) in [6.07, 6.45) is 0.722. The molecular formula is C15H19BrO2. The molecule has 2 nitrogen and oxygen atoms in total. The molecule has 0 saturated carbocycles. The molecule has 0 aliphatic carbocycles. The third-order valence-electron chi connectivity index (χ3n) is 3.91. The molecule has 2 rings (SSSR count). The highest BCUT2D eigenvalue weighted by atomic mass is 79.9. The van der Waals surface area contributed by atoms with E-state index in [1.54, 1.807) is 0 Å². The van der Waals surface area contributed by atoms with Crippen LogP contribution in [0.2, 0.25) is 0 Å². The first-order chi connectivity index (χ1) is 8.49. The molecule has 1 aliphatic rings. The maximum Gasteiger partial charge on any atom is 0.143 e. The second kappa shape index (κ2) is 5.54. The zero-order chi connectivity index (χ0) is 13.3. The van der Waals surface area contributed by atoms with Gasteiger partial charge >= 0.3 is 0 Å². The van der Waals surface area contributed by atoms with Crippen molar-refractivity contribution >= 4 is 21.7 Å². The summed E-state index contributed by atoms with van der Waals surface area (Å²) in [6.45, 7) is 6.16. The predicted octanol–water partition coefficient (Wildman–Crippen LogP) is 3.62. The zero-order valence-electron chi connectivity index (χ0n) is 11.0. The van der Waals surface area contributed by atoms with Crippen molar-refractivity contribution in [3.63, 3.8) is 0 Å². The molecule has 1 heterocycles. The van der Waals surface area contributed by atoms with E-state index in [9.17, 15) is 4.79 Å². The van der Waals surface area contributed by atoms with Gasteiger partial charge in [0, 0.05) is 16.8 Å². The zero-order valence-corrected chi connectivity index (χ0v) is 12.6. The lowest BCUT2D eigenvalue weighted by Crippen LogP contribution is -2.28. The molecule has 0 amide bonds. The Balaban J connectivity index is 2.06. The van der Waals surface area contributed by atoms with E-state index in [0.29, 0.717) is 18.1 Å². The van der Waals surface area contributed by atoms with Gasteiger partial charge < -0.3 is 4.74 Å². The fraction of sp³-hybridized carbons (Fsp3) is 0.533. The van der Waals surface area contributed by atoms with E-state index in [4.69, 9.17) is 4.74 Å². The fourth-order valence-corrected chi connectivity index (χ4v) is 3.01. The number of carbonyl (C=O) groups is 1. The molecule has 1 saturated heterocycles. The lowest BCUT2D eigenvalue weighted by atomic mass is 9.84. The smallest absolute Gasteiger partial charge is 0.143 e. The Bertz CT molecular complexity index is 427. The van der Waals surface area contributed by atoms with Crippen molar-refractivity contribution in [3.8, 4) is 0 Å². The van der Waals surface area contributed by atoms with Gasteiger partial charge in [-0.15, -0.1) is 0 Å². The first-order valence-corrected chi connectivity index (χ1v) is 7.21. The van der Waals surface area contributed by atoms with E-state index in [1.807, 2.05) is 38.1 Å². The highest BCUT2D eigenvalue weighted by Gasteiger charge is 2.40. The third kappa shape index (κ3) is 2.83. The van der Waals surface area contributed by atoms with Crippen LogP contribution in [0, 0.1) is 11.8 Å². The van der Waals surface area contributed by atoms with Crippen LogP contribution in [-0.4, -0.2) is 18.0 Å². The van der Waals surface area contributed by atoms with Crippen LogP contribution in [0.4, 0.5) is 0 Å². The number of halogens is 1. The Kier molecular flexibility index (Phi) is 4.23.